The molecule has 4 fully saturated rings. The van der Waals surface area contributed by atoms with Crippen LogP contribution in [0.15, 0.2) is 49.2 Å². The van der Waals surface area contributed by atoms with Crippen LogP contribution in [0.5, 0.6) is 0 Å². The van der Waals surface area contributed by atoms with Gasteiger partial charge in [0.25, 0.3) is 0 Å². The molecule has 10 nitrogen and oxygen atoms in total. The van der Waals surface area contributed by atoms with Crippen LogP contribution in [0, 0.1) is 11.8 Å². The minimum Gasteiger partial charge on any atom is -0.216 e. The summed E-state index contributed by atoms with van der Waals surface area (Å²) in [5, 5.41) is 23.3. The van der Waals surface area contributed by atoms with Crippen molar-refractivity contribution in [2.24, 2.45) is 11.8 Å². The lowest BCUT2D eigenvalue weighted by Gasteiger charge is -2.60. The SMILES string of the molecule is c1ccc(-n2ncc3c2ncn2nc(C45C[C@H]6C[C@H](C4)CC(n4ncnn4)(C6)C5)nc32)cc1. The Morgan fingerprint density at radius 3 is 2.58 bits per heavy atom. The average molecular weight is 438 g/mol. The van der Waals surface area contributed by atoms with Crippen LogP contribution in [-0.4, -0.2) is 49.6 Å². The van der Waals surface area contributed by atoms with Crippen LogP contribution in [0.25, 0.3) is 22.4 Å². The number of para-hydroxylation sites is 1. The van der Waals surface area contributed by atoms with Gasteiger partial charge in [-0.1, -0.05) is 18.2 Å². The van der Waals surface area contributed by atoms with Gasteiger partial charge in [-0.05, 0) is 67.7 Å². The van der Waals surface area contributed by atoms with Gasteiger partial charge in [-0.3, -0.25) is 0 Å². The Bertz CT molecular complexity index is 1480. The van der Waals surface area contributed by atoms with E-state index in [0.717, 1.165) is 60.3 Å². The predicted octanol–water partition coefficient (Wildman–Crippen LogP) is 2.70. The monoisotopic (exact) mass is 438 g/mol. The number of hydrogen-bond donors (Lipinski definition) is 0. The molecule has 0 N–H and O–H groups in total. The highest BCUT2D eigenvalue weighted by Crippen LogP contribution is 2.63. The van der Waals surface area contributed by atoms with E-state index >= 15 is 0 Å². The summed E-state index contributed by atoms with van der Waals surface area (Å²) in [5.74, 6) is 2.24. The fourth-order valence-electron chi connectivity index (χ4n) is 7.40. The fourth-order valence-corrected chi connectivity index (χ4v) is 7.40. The molecular formula is C23H22N10. The number of rotatable bonds is 3. The third-order valence-corrected chi connectivity index (χ3v) is 8.18. The fraction of sp³-hybridized carbons (Fsp3) is 0.435. The number of nitrogens with zero attached hydrogens (tertiary/aromatic N) is 10. The van der Waals surface area contributed by atoms with E-state index in [1.165, 1.54) is 6.42 Å². The normalized spacial score (nSPS) is 30.5. The molecular weight excluding hydrogens is 416 g/mol. The average Bonchev–Trinajstić information content (AvgIpc) is 3.58. The highest BCUT2D eigenvalue weighted by Gasteiger charge is 2.61. The largest absolute Gasteiger partial charge is 0.216 e. The summed E-state index contributed by atoms with van der Waals surface area (Å²) in [7, 11) is 0. The summed E-state index contributed by atoms with van der Waals surface area (Å²) in [6.45, 7) is 0. The Morgan fingerprint density at radius 2 is 1.79 bits per heavy atom. The molecule has 1 aromatic carbocycles. The van der Waals surface area contributed by atoms with E-state index in [4.69, 9.17) is 10.1 Å². The second-order valence-corrected chi connectivity index (χ2v) is 10.3. The lowest BCUT2D eigenvalue weighted by Crippen LogP contribution is -2.59. The topological polar surface area (TPSA) is 105 Å². The summed E-state index contributed by atoms with van der Waals surface area (Å²) < 4.78 is 3.69. The first-order valence-corrected chi connectivity index (χ1v) is 11.6. The van der Waals surface area contributed by atoms with E-state index < -0.39 is 0 Å². The maximum atomic E-state index is 5.14. The number of benzene rings is 1. The number of fused-ring (bicyclic) bond motifs is 3. The van der Waals surface area contributed by atoms with Crippen LogP contribution in [0.3, 0.4) is 0 Å². The molecule has 4 bridgehead atoms. The maximum Gasteiger partial charge on any atom is 0.170 e. The van der Waals surface area contributed by atoms with Crippen LogP contribution in [0.1, 0.15) is 44.3 Å². The molecule has 0 spiro atoms. The first kappa shape index (κ1) is 17.8. The summed E-state index contributed by atoms with van der Waals surface area (Å²) in [6, 6.07) is 10.1. The molecule has 0 unspecified atom stereocenters. The minimum absolute atomic E-state index is 0.0501. The standard InChI is InChI=1S/C23H22N10/c1-2-4-17(5-3-1)32-19-18(11-26-32)20-28-21(29-31(20)14-24-19)22-7-15-6-16(8-22)10-23(9-15,12-22)33-27-13-25-30-33/h1-5,11,13-16H,6-10,12H2/t15-,16-,22?,23?/m1/s1. The van der Waals surface area contributed by atoms with Gasteiger partial charge in [0.1, 0.15) is 6.33 Å². The van der Waals surface area contributed by atoms with Gasteiger partial charge < -0.3 is 0 Å². The predicted molar refractivity (Wildman–Crippen MR) is 118 cm³/mol. The van der Waals surface area contributed by atoms with Crippen LogP contribution in [0.4, 0.5) is 0 Å². The van der Waals surface area contributed by atoms with Gasteiger partial charge in [0.2, 0.25) is 0 Å². The van der Waals surface area contributed by atoms with E-state index in [0.29, 0.717) is 11.8 Å². The molecule has 10 heteroatoms. The van der Waals surface area contributed by atoms with Crippen molar-refractivity contribution in [3.05, 3.63) is 55.0 Å². The molecule has 5 aromatic rings. The second-order valence-electron chi connectivity index (χ2n) is 10.3. The molecule has 4 aromatic heterocycles. The second kappa shape index (κ2) is 6.00. The Labute approximate surface area is 188 Å². The third kappa shape index (κ3) is 2.35. The van der Waals surface area contributed by atoms with Crippen LogP contribution in [0.2, 0.25) is 0 Å². The number of hydrogen-bond acceptors (Lipinski definition) is 7. The van der Waals surface area contributed by atoms with Crippen molar-refractivity contribution < 1.29 is 0 Å². The summed E-state index contributed by atoms with van der Waals surface area (Å²) in [4.78, 5) is 11.7. The van der Waals surface area contributed by atoms with E-state index in [9.17, 15) is 0 Å². The highest BCUT2D eigenvalue weighted by atomic mass is 15.6. The van der Waals surface area contributed by atoms with Crippen molar-refractivity contribution in [2.75, 3.05) is 0 Å². The molecule has 4 aliphatic rings. The minimum atomic E-state index is -0.0656. The van der Waals surface area contributed by atoms with Crippen LogP contribution >= 0.6 is 0 Å². The van der Waals surface area contributed by atoms with Gasteiger partial charge in [-0.2, -0.15) is 9.90 Å². The summed E-state index contributed by atoms with van der Waals surface area (Å²) >= 11 is 0. The summed E-state index contributed by atoms with van der Waals surface area (Å²) in [5.41, 5.74) is 2.48. The molecule has 0 radical (unpaired) electrons. The molecule has 164 valence electrons. The Balaban J connectivity index is 1.27. The molecule has 9 rings (SSSR count). The number of aromatic nitrogens is 10. The Hall–Kier alpha value is -3.69. The van der Waals surface area contributed by atoms with Gasteiger partial charge in [0.15, 0.2) is 23.4 Å². The van der Waals surface area contributed by atoms with Crippen molar-refractivity contribution in [1.29, 1.82) is 0 Å². The lowest BCUT2D eigenvalue weighted by molar-refractivity contribution is -0.0785. The van der Waals surface area contributed by atoms with Crippen molar-refractivity contribution in [3.63, 3.8) is 0 Å². The van der Waals surface area contributed by atoms with Crippen molar-refractivity contribution in [2.45, 2.75) is 49.5 Å². The van der Waals surface area contributed by atoms with Crippen LogP contribution < -0.4 is 0 Å². The van der Waals surface area contributed by atoms with Gasteiger partial charge in [-0.25, -0.2) is 19.2 Å². The first-order chi connectivity index (χ1) is 16.2. The van der Waals surface area contributed by atoms with E-state index in [-0.39, 0.29) is 11.0 Å². The molecule has 33 heavy (non-hydrogen) atoms. The third-order valence-electron chi connectivity index (χ3n) is 8.18. The zero-order chi connectivity index (χ0) is 21.6. The van der Waals surface area contributed by atoms with E-state index in [1.807, 2.05) is 50.5 Å². The lowest BCUT2D eigenvalue weighted by atomic mass is 9.46. The van der Waals surface area contributed by atoms with Gasteiger partial charge >= 0.3 is 0 Å². The zero-order valence-corrected chi connectivity index (χ0v) is 18.0. The van der Waals surface area contributed by atoms with Crippen molar-refractivity contribution in [1.82, 2.24) is 49.6 Å². The van der Waals surface area contributed by atoms with Crippen molar-refractivity contribution in [3.8, 4) is 5.69 Å². The Kier molecular flexibility index (Phi) is 3.24. The smallest absolute Gasteiger partial charge is 0.170 e. The first-order valence-electron chi connectivity index (χ1n) is 11.6. The summed E-state index contributed by atoms with van der Waals surface area (Å²) in [6.07, 6.45) is 12.0. The van der Waals surface area contributed by atoms with Gasteiger partial charge in [0.05, 0.1) is 22.8 Å². The zero-order valence-electron chi connectivity index (χ0n) is 18.0. The molecule has 4 saturated carbocycles. The number of tetrazole rings is 1. The molecule has 4 heterocycles. The van der Waals surface area contributed by atoms with Gasteiger partial charge in [-0.15, -0.1) is 15.3 Å². The van der Waals surface area contributed by atoms with Crippen molar-refractivity contribution >= 4 is 16.7 Å². The quantitative estimate of drug-likeness (QED) is 0.426. The molecule has 2 atom stereocenters. The molecule has 0 amide bonds. The molecule has 0 saturated heterocycles. The highest BCUT2D eigenvalue weighted by molar-refractivity contribution is 5.89. The molecule has 0 aliphatic heterocycles. The van der Waals surface area contributed by atoms with Crippen LogP contribution in [-0.2, 0) is 11.0 Å². The van der Waals surface area contributed by atoms with E-state index in [2.05, 4.69) is 25.5 Å². The van der Waals surface area contributed by atoms with E-state index in [1.54, 1.807) is 12.7 Å². The molecule has 4 aliphatic carbocycles. The van der Waals surface area contributed by atoms with Gasteiger partial charge in [0, 0.05) is 5.41 Å². The Morgan fingerprint density at radius 1 is 0.939 bits per heavy atom. The maximum absolute atomic E-state index is 5.14.